The number of amides is 1. The smallest absolute Gasteiger partial charge is 0.290 e. The van der Waals surface area contributed by atoms with Crippen molar-refractivity contribution in [3.8, 4) is 5.75 Å². The number of ether oxygens (including phenoxy) is 1. The molecular weight excluding hydrogens is 428 g/mol. The Balaban J connectivity index is 1.71. The number of carbonyl (C=O) groups excluding carboxylic acids is 2. The molecule has 0 aliphatic carbocycles. The number of aromatic nitrogens is 3. The van der Waals surface area contributed by atoms with Gasteiger partial charge in [-0.05, 0) is 38.0 Å². The van der Waals surface area contributed by atoms with E-state index in [1.807, 2.05) is 29.8 Å². The first-order valence-electron chi connectivity index (χ1n) is 10.2. The topological polar surface area (TPSA) is 97.5 Å². The van der Waals surface area contributed by atoms with Gasteiger partial charge in [-0.25, -0.2) is 9.97 Å². The van der Waals surface area contributed by atoms with E-state index in [2.05, 4.69) is 9.97 Å². The molecule has 32 heavy (non-hydrogen) atoms. The van der Waals surface area contributed by atoms with Crippen LogP contribution in [-0.2, 0) is 11.3 Å². The number of nitrogens with zero attached hydrogens (tertiary/aromatic N) is 4. The minimum absolute atomic E-state index is 0.0811. The van der Waals surface area contributed by atoms with Gasteiger partial charge in [0.05, 0.1) is 40.6 Å². The summed E-state index contributed by atoms with van der Waals surface area (Å²) in [6, 6.07) is 6.51. The van der Waals surface area contributed by atoms with Gasteiger partial charge < -0.3 is 19.3 Å². The molecule has 0 bridgehead atoms. The van der Waals surface area contributed by atoms with E-state index in [9.17, 15) is 14.7 Å². The standard InChI is InChI=1S/C23H24N4O4S/c1-14-22(32-15(2)25-14)20(28)18-19(16-6-4-7-17(12-16)31-3)27(23(30)21(18)29)10-5-9-26-11-8-24-13-26/h4,6-8,11-13,19,29H,5,9-10H2,1-3H3. The van der Waals surface area contributed by atoms with E-state index in [1.165, 1.54) is 11.3 Å². The van der Waals surface area contributed by atoms with Gasteiger partial charge in [-0.3, -0.25) is 9.59 Å². The number of aliphatic hydroxyl groups is 1. The Kier molecular flexibility index (Phi) is 6.09. The Labute approximate surface area is 189 Å². The largest absolute Gasteiger partial charge is 0.503 e. The second-order valence-electron chi connectivity index (χ2n) is 7.57. The zero-order chi connectivity index (χ0) is 22.8. The van der Waals surface area contributed by atoms with E-state index in [1.54, 1.807) is 43.6 Å². The zero-order valence-corrected chi connectivity index (χ0v) is 18.9. The number of hydrogen-bond acceptors (Lipinski definition) is 7. The van der Waals surface area contributed by atoms with E-state index in [0.717, 1.165) is 5.01 Å². The highest BCUT2D eigenvalue weighted by Gasteiger charge is 2.44. The molecule has 0 spiro atoms. The fourth-order valence-electron chi connectivity index (χ4n) is 3.98. The minimum atomic E-state index is -0.713. The monoisotopic (exact) mass is 452 g/mol. The SMILES string of the molecule is COc1cccc(C2C(C(=O)c3sc(C)nc3C)=C(O)C(=O)N2CCCn2ccnc2)c1. The summed E-state index contributed by atoms with van der Waals surface area (Å²) in [4.78, 5) is 36.9. The van der Waals surface area contributed by atoms with Crippen molar-refractivity contribution in [3.63, 3.8) is 0 Å². The van der Waals surface area contributed by atoms with Crippen LogP contribution in [0.3, 0.4) is 0 Å². The molecular formula is C23H24N4O4S. The number of imidazole rings is 1. The number of hydrogen-bond donors (Lipinski definition) is 1. The Morgan fingerprint density at radius 1 is 1.28 bits per heavy atom. The Morgan fingerprint density at radius 3 is 2.75 bits per heavy atom. The maximum Gasteiger partial charge on any atom is 0.290 e. The molecule has 2 aromatic heterocycles. The van der Waals surface area contributed by atoms with Crippen molar-refractivity contribution in [3.05, 3.63) is 75.5 Å². The molecule has 9 heteroatoms. The second kappa shape index (κ2) is 8.96. The van der Waals surface area contributed by atoms with Crippen LogP contribution < -0.4 is 4.74 Å². The van der Waals surface area contributed by atoms with Crippen LogP contribution in [0.1, 0.15) is 38.4 Å². The van der Waals surface area contributed by atoms with Crippen molar-refractivity contribution >= 4 is 23.0 Å². The lowest BCUT2D eigenvalue weighted by atomic mass is 9.95. The molecule has 0 saturated heterocycles. The molecule has 0 fully saturated rings. The average molecular weight is 453 g/mol. The van der Waals surface area contributed by atoms with Crippen molar-refractivity contribution in [1.82, 2.24) is 19.4 Å². The number of aliphatic hydroxyl groups excluding tert-OH is 1. The molecule has 166 valence electrons. The van der Waals surface area contributed by atoms with Crippen molar-refractivity contribution in [2.45, 2.75) is 32.9 Å². The van der Waals surface area contributed by atoms with Gasteiger partial charge in [0.25, 0.3) is 5.91 Å². The molecule has 1 aromatic carbocycles. The van der Waals surface area contributed by atoms with Crippen LogP contribution in [-0.4, -0.2) is 49.9 Å². The molecule has 1 N–H and O–H groups in total. The van der Waals surface area contributed by atoms with Crippen molar-refractivity contribution in [2.24, 2.45) is 0 Å². The van der Waals surface area contributed by atoms with Gasteiger partial charge in [0.15, 0.2) is 5.76 Å². The number of Topliss-reactive ketones (excluding diaryl/α,β-unsaturated/α-hetero) is 1. The summed E-state index contributed by atoms with van der Waals surface area (Å²) in [5.41, 5.74) is 1.37. The Hall–Kier alpha value is -3.46. The summed E-state index contributed by atoms with van der Waals surface area (Å²) in [7, 11) is 1.56. The molecule has 3 aromatic rings. The van der Waals surface area contributed by atoms with Crippen LogP contribution in [0.15, 0.2) is 54.3 Å². The summed E-state index contributed by atoms with van der Waals surface area (Å²) >= 11 is 1.26. The van der Waals surface area contributed by atoms with E-state index in [4.69, 9.17) is 4.74 Å². The molecule has 8 nitrogen and oxygen atoms in total. The van der Waals surface area contributed by atoms with Gasteiger partial charge in [-0.2, -0.15) is 0 Å². The Bertz CT molecular complexity index is 1180. The third kappa shape index (κ3) is 4.03. The molecule has 1 atom stereocenters. The first kappa shape index (κ1) is 21.8. The van der Waals surface area contributed by atoms with Crippen LogP contribution >= 0.6 is 11.3 Å². The van der Waals surface area contributed by atoms with Crippen LogP contribution in [0.5, 0.6) is 5.75 Å². The summed E-state index contributed by atoms with van der Waals surface area (Å²) in [6.07, 6.45) is 5.90. The van der Waals surface area contributed by atoms with Gasteiger partial charge in [0, 0.05) is 25.5 Å². The van der Waals surface area contributed by atoms with Crippen molar-refractivity contribution in [1.29, 1.82) is 0 Å². The fourth-order valence-corrected chi connectivity index (χ4v) is 4.86. The van der Waals surface area contributed by atoms with Crippen LogP contribution in [0.4, 0.5) is 0 Å². The van der Waals surface area contributed by atoms with E-state index < -0.39 is 17.7 Å². The maximum atomic E-state index is 13.5. The van der Waals surface area contributed by atoms with Gasteiger partial charge in [-0.15, -0.1) is 11.3 Å². The molecule has 3 heterocycles. The van der Waals surface area contributed by atoms with Crippen LogP contribution in [0, 0.1) is 13.8 Å². The number of benzene rings is 1. The lowest BCUT2D eigenvalue weighted by Crippen LogP contribution is -2.32. The highest BCUT2D eigenvalue weighted by atomic mass is 32.1. The van der Waals surface area contributed by atoms with Gasteiger partial charge in [0.2, 0.25) is 5.78 Å². The number of thiazole rings is 1. The van der Waals surface area contributed by atoms with Crippen molar-refractivity contribution in [2.75, 3.05) is 13.7 Å². The predicted molar refractivity (Wildman–Crippen MR) is 120 cm³/mol. The molecule has 4 rings (SSSR count). The minimum Gasteiger partial charge on any atom is -0.503 e. The number of carbonyl (C=O) groups is 2. The maximum absolute atomic E-state index is 13.5. The normalized spacial score (nSPS) is 16.2. The first-order chi connectivity index (χ1) is 15.4. The zero-order valence-electron chi connectivity index (χ0n) is 18.1. The highest BCUT2D eigenvalue weighted by molar-refractivity contribution is 7.14. The molecule has 1 aliphatic rings. The Morgan fingerprint density at radius 2 is 2.09 bits per heavy atom. The van der Waals surface area contributed by atoms with Gasteiger partial charge in [0.1, 0.15) is 5.75 Å². The lowest BCUT2D eigenvalue weighted by molar-refractivity contribution is -0.129. The fraction of sp³-hybridized carbons (Fsp3) is 0.304. The molecule has 0 radical (unpaired) electrons. The molecule has 1 aliphatic heterocycles. The average Bonchev–Trinajstić information content (AvgIpc) is 3.48. The summed E-state index contributed by atoms with van der Waals surface area (Å²) in [5, 5.41) is 11.6. The lowest BCUT2D eigenvalue weighted by Gasteiger charge is -2.27. The molecule has 1 unspecified atom stereocenters. The van der Waals surface area contributed by atoms with Crippen molar-refractivity contribution < 1.29 is 19.4 Å². The number of aryl methyl sites for hydroxylation is 3. The molecule has 1 amide bonds. The third-order valence-electron chi connectivity index (χ3n) is 5.44. The van der Waals surface area contributed by atoms with Crippen LogP contribution in [0.2, 0.25) is 0 Å². The molecule has 0 saturated carbocycles. The highest BCUT2D eigenvalue weighted by Crippen LogP contribution is 2.41. The third-order valence-corrected chi connectivity index (χ3v) is 6.51. The summed E-state index contributed by atoms with van der Waals surface area (Å²) in [5.74, 6) is -0.818. The second-order valence-corrected chi connectivity index (χ2v) is 8.77. The summed E-state index contributed by atoms with van der Waals surface area (Å²) in [6.45, 7) is 4.60. The summed E-state index contributed by atoms with van der Waals surface area (Å²) < 4.78 is 7.27. The van der Waals surface area contributed by atoms with E-state index >= 15 is 0 Å². The van der Waals surface area contributed by atoms with Gasteiger partial charge >= 0.3 is 0 Å². The van der Waals surface area contributed by atoms with E-state index in [0.29, 0.717) is 41.4 Å². The van der Waals surface area contributed by atoms with Crippen LogP contribution in [0.25, 0.3) is 0 Å². The first-order valence-corrected chi connectivity index (χ1v) is 11.0. The number of ketones is 1. The predicted octanol–water partition coefficient (Wildman–Crippen LogP) is 3.63. The number of methoxy groups -OCH3 is 1. The van der Waals surface area contributed by atoms with E-state index in [-0.39, 0.29) is 11.4 Å². The quantitative estimate of drug-likeness (QED) is 0.524. The number of rotatable bonds is 8. The van der Waals surface area contributed by atoms with Gasteiger partial charge in [-0.1, -0.05) is 12.1 Å².